The first-order valence-electron chi connectivity index (χ1n) is 11.7. The third-order valence-electron chi connectivity index (χ3n) is 5.84. The van der Waals surface area contributed by atoms with Crippen molar-refractivity contribution in [2.45, 2.75) is 71.3 Å². The lowest BCUT2D eigenvalue weighted by Gasteiger charge is -2.35. The molecule has 1 aliphatic heterocycles. The van der Waals surface area contributed by atoms with E-state index in [1.165, 1.54) is 0 Å². The second-order valence-corrected chi connectivity index (χ2v) is 8.77. The van der Waals surface area contributed by atoms with Crippen molar-refractivity contribution in [3.8, 4) is 11.4 Å². The van der Waals surface area contributed by atoms with Gasteiger partial charge in [0.05, 0.1) is 6.54 Å². The Morgan fingerprint density at radius 1 is 1.22 bits per heavy atom. The van der Waals surface area contributed by atoms with Gasteiger partial charge < -0.3 is 14.3 Å². The molecule has 1 aliphatic rings. The fourth-order valence-electron chi connectivity index (χ4n) is 3.98. The summed E-state index contributed by atoms with van der Waals surface area (Å²) in [4.78, 5) is 34.1. The number of rotatable bonds is 10. The first-order valence-corrected chi connectivity index (χ1v) is 12.1. The molecule has 0 N–H and O–H groups in total. The molecule has 0 aliphatic carbocycles. The number of unbranched alkanes of at least 4 members (excludes halogenated alkanes) is 2. The predicted molar refractivity (Wildman–Crippen MR) is 124 cm³/mol. The molecule has 7 nitrogen and oxygen atoms in total. The van der Waals surface area contributed by atoms with Crippen LogP contribution in [0.2, 0.25) is 5.02 Å². The van der Waals surface area contributed by atoms with E-state index in [2.05, 4.69) is 24.0 Å². The van der Waals surface area contributed by atoms with Gasteiger partial charge in [-0.05, 0) is 44.2 Å². The molecule has 3 rings (SSSR count). The summed E-state index contributed by atoms with van der Waals surface area (Å²) in [6.07, 6.45) is 6.84. The molecule has 1 aromatic heterocycles. The molecule has 0 radical (unpaired) electrons. The summed E-state index contributed by atoms with van der Waals surface area (Å²) < 4.78 is 5.57. The van der Waals surface area contributed by atoms with Crippen LogP contribution < -0.4 is 0 Å². The molecular weight excluding hydrogens is 428 g/mol. The Balaban J connectivity index is 1.73. The molecule has 32 heavy (non-hydrogen) atoms. The van der Waals surface area contributed by atoms with Crippen molar-refractivity contribution < 1.29 is 14.1 Å². The Bertz CT molecular complexity index is 901. The summed E-state index contributed by atoms with van der Waals surface area (Å²) in [5.74, 6) is 0.895. The van der Waals surface area contributed by atoms with Crippen LogP contribution in [0.3, 0.4) is 0 Å². The highest BCUT2D eigenvalue weighted by atomic mass is 35.5. The lowest BCUT2D eigenvalue weighted by Crippen LogP contribution is -2.46. The average Bonchev–Trinajstić information content (AvgIpc) is 3.30. The van der Waals surface area contributed by atoms with Gasteiger partial charge in [-0.25, -0.2) is 0 Å². The molecule has 1 aromatic carbocycles. The van der Waals surface area contributed by atoms with Crippen molar-refractivity contribution in [1.82, 2.24) is 19.9 Å². The maximum atomic E-state index is 13.3. The summed E-state index contributed by atoms with van der Waals surface area (Å²) >= 11 is 6.09. The second-order valence-electron chi connectivity index (χ2n) is 8.34. The van der Waals surface area contributed by atoms with E-state index in [1.54, 1.807) is 17.0 Å². The number of hydrogen-bond donors (Lipinski definition) is 0. The van der Waals surface area contributed by atoms with Crippen LogP contribution in [0.5, 0.6) is 0 Å². The van der Waals surface area contributed by atoms with Gasteiger partial charge in [0.2, 0.25) is 23.5 Å². The Hall–Kier alpha value is -2.41. The molecule has 2 amide bonds. The van der Waals surface area contributed by atoms with E-state index in [1.807, 2.05) is 17.0 Å². The summed E-state index contributed by atoms with van der Waals surface area (Å²) in [6.45, 7) is 5.50. The van der Waals surface area contributed by atoms with Crippen LogP contribution in [0.1, 0.15) is 77.1 Å². The van der Waals surface area contributed by atoms with Gasteiger partial charge in [-0.15, -0.1) is 0 Å². The fourth-order valence-corrected chi connectivity index (χ4v) is 4.17. The topological polar surface area (TPSA) is 79.5 Å². The Morgan fingerprint density at radius 3 is 2.78 bits per heavy atom. The molecular formula is C24H33ClN4O3. The molecule has 8 heteroatoms. The quantitative estimate of drug-likeness (QED) is 0.483. The van der Waals surface area contributed by atoms with Crippen molar-refractivity contribution in [1.29, 1.82) is 0 Å². The highest BCUT2D eigenvalue weighted by Crippen LogP contribution is 2.31. The minimum atomic E-state index is -0.268. The minimum Gasteiger partial charge on any atom is -0.337 e. The van der Waals surface area contributed by atoms with Crippen LogP contribution >= 0.6 is 11.6 Å². The Labute approximate surface area is 195 Å². The average molecular weight is 461 g/mol. The van der Waals surface area contributed by atoms with Gasteiger partial charge in [-0.1, -0.05) is 55.6 Å². The number of carbonyl (C=O) groups is 2. The summed E-state index contributed by atoms with van der Waals surface area (Å²) in [7, 11) is 0. The van der Waals surface area contributed by atoms with E-state index in [-0.39, 0.29) is 24.4 Å². The number of amides is 2. The number of hydrogen-bond acceptors (Lipinski definition) is 5. The van der Waals surface area contributed by atoms with Crippen LogP contribution in [0, 0.1) is 0 Å². The van der Waals surface area contributed by atoms with Crippen molar-refractivity contribution in [3.63, 3.8) is 0 Å². The summed E-state index contributed by atoms with van der Waals surface area (Å²) in [5, 5.41) is 4.71. The van der Waals surface area contributed by atoms with Crippen molar-refractivity contribution in [2.24, 2.45) is 0 Å². The SMILES string of the molecule is CCCCC(=O)N(CCCC)CC(=O)N1CCCCC1c1nc(-c2cccc(Cl)c2)no1. The van der Waals surface area contributed by atoms with Crippen molar-refractivity contribution in [3.05, 3.63) is 35.2 Å². The molecule has 0 bridgehead atoms. The van der Waals surface area contributed by atoms with Gasteiger partial charge in [0.1, 0.15) is 6.04 Å². The third-order valence-corrected chi connectivity index (χ3v) is 6.07. The first kappa shape index (κ1) is 24.2. The van der Waals surface area contributed by atoms with E-state index >= 15 is 0 Å². The van der Waals surface area contributed by atoms with Crippen LogP contribution in [-0.2, 0) is 9.59 Å². The third kappa shape index (κ3) is 6.31. The second kappa shape index (κ2) is 12.0. The molecule has 1 saturated heterocycles. The molecule has 2 heterocycles. The number of halogens is 1. The van der Waals surface area contributed by atoms with Gasteiger partial charge in [-0.2, -0.15) is 4.98 Å². The highest BCUT2D eigenvalue weighted by molar-refractivity contribution is 6.30. The maximum absolute atomic E-state index is 13.3. The first-order chi connectivity index (χ1) is 15.5. The minimum absolute atomic E-state index is 0.0573. The van der Waals surface area contributed by atoms with E-state index < -0.39 is 0 Å². The zero-order valence-corrected chi connectivity index (χ0v) is 19.8. The van der Waals surface area contributed by atoms with Gasteiger partial charge >= 0.3 is 0 Å². The van der Waals surface area contributed by atoms with Gasteiger partial charge in [0, 0.05) is 30.1 Å². The lowest BCUT2D eigenvalue weighted by molar-refractivity contribution is -0.143. The van der Waals surface area contributed by atoms with Crippen molar-refractivity contribution in [2.75, 3.05) is 19.6 Å². The van der Waals surface area contributed by atoms with Crippen LogP contribution in [0.15, 0.2) is 28.8 Å². The standard InChI is InChI=1S/C24H33ClN4O3/c1-3-5-13-21(30)28(14-6-4-2)17-22(31)29-15-8-7-12-20(29)24-26-23(27-32-24)18-10-9-11-19(25)16-18/h9-11,16,20H,3-8,12-15,17H2,1-2H3. The van der Waals surface area contributed by atoms with Crippen LogP contribution in [0.4, 0.5) is 0 Å². The van der Waals surface area contributed by atoms with E-state index in [4.69, 9.17) is 16.1 Å². The normalized spacial score (nSPS) is 16.2. The number of carbonyl (C=O) groups excluding carboxylic acids is 2. The zero-order valence-electron chi connectivity index (χ0n) is 19.1. The number of aromatic nitrogens is 2. The van der Waals surface area contributed by atoms with Crippen molar-refractivity contribution >= 4 is 23.4 Å². The molecule has 174 valence electrons. The molecule has 0 spiro atoms. The predicted octanol–water partition coefficient (Wildman–Crippen LogP) is 5.26. The summed E-state index contributed by atoms with van der Waals surface area (Å²) in [6, 6.07) is 7.02. The molecule has 1 atom stereocenters. The molecule has 2 aromatic rings. The van der Waals surface area contributed by atoms with E-state index in [9.17, 15) is 9.59 Å². The number of piperidine rings is 1. The Morgan fingerprint density at radius 2 is 2.03 bits per heavy atom. The van der Waals surface area contributed by atoms with E-state index in [0.29, 0.717) is 36.2 Å². The Kier molecular flexibility index (Phi) is 9.09. The lowest BCUT2D eigenvalue weighted by atomic mass is 10.0. The maximum Gasteiger partial charge on any atom is 0.249 e. The molecule has 1 fully saturated rings. The number of nitrogens with zero attached hydrogens (tertiary/aromatic N) is 4. The number of likely N-dealkylation sites (tertiary alicyclic amines) is 1. The highest BCUT2D eigenvalue weighted by Gasteiger charge is 2.33. The molecule has 0 saturated carbocycles. The fraction of sp³-hybridized carbons (Fsp3) is 0.583. The number of benzene rings is 1. The largest absolute Gasteiger partial charge is 0.337 e. The van der Waals surface area contributed by atoms with Gasteiger partial charge in [0.25, 0.3) is 0 Å². The summed E-state index contributed by atoms with van der Waals surface area (Å²) in [5.41, 5.74) is 0.772. The zero-order chi connectivity index (χ0) is 22.9. The van der Waals surface area contributed by atoms with Crippen LogP contribution in [0.25, 0.3) is 11.4 Å². The molecule has 1 unspecified atom stereocenters. The van der Waals surface area contributed by atoms with Gasteiger partial charge in [-0.3, -0.25) is 9.59 Å². The van der Waals surface area contributed by atoms with E-state index in [0.717, 1.165) is 50.5 Å². The monoisotopic (exact) mass is 460 g/mol. The van der Waals surface area contributed by atoms with Crippen LogP contribution in [-0.4, -0.2) is 51.4 Å². The smallest absolute Gasteiger partial charge is 0.249 e. The van der Waals surface area contributed by atoms with Gasteiger partial charge in [0.15, 0.2) is 0 Å².